The van der Waals surface area contributed by atoms with Gasteiger partial charge in [-0.15, -0.1) is 0 Å². The van der Waals surface area contributed by atoms with E-state index in [9.17, 15) is 0 Å². The van der Waals surface area contributed by atoms with Crippen LogP contribution in [0.4, 0.5) is 0 Å². The van der Waals surface area contributed by atoms with Gasteiger partial charge >= 0.3 is 0 Å². The lowest BCUT2D eigenvalue weighted by Crippen LogP contribution is -1.84. The number of aromatic nitrogens is 3. The highest BCUT2D eigenvalue weighted by Gasteiger charge is 2.08. The number of hydrogen-bond acceptors (Lipinski definition) is 2. The minimum absolute atomic E-state index is 0.751. The minimum Gasteiger partial charge on any atom is -0.337 e. The highest BCUT2D eigenvalue weighted by molar-refractivity contribution is 5.81. The summed E-state index contributed by atoms with van der Waals surface area (Å²) in [5.41, 5.74) is 6.37. The summed E-state index contributed by atoms with van der Waals surface area (Å²) in [5.74, 6) is 0.869. The van der Waals surface area contributed by atoms with Crippen molar-refractivity contribution >= 4 is 11.2 Å². The lowest BCUT2D eigenvalue weighted by atomic mass is 10.1. The van der Waals surface area contributed by atoms with Gasteiger partial charge in [0.2, 0.25) is 0 Å². The predicted octanol–water partition coefficient (Wildman–Crippen LogP) is 4.85. The van der Waals surface area contributed by atoms with Gasteiger partial charge in [-0.1, -0.05) is 55.5 Å². The number of H-pyrrole nitrogens is 1. The molecule has 0 amide bonds. The fraction of sp³-hybridized carbons (Fsp3) is 0.100. The van der Waals surface area contributed by atoms with Crippen LogP contribution < -0.4 is 0 Å². The molecule has 0 saturated carbocycles. The van der Waals surface area contributed by atoms with Crippen LogP contribution in [0.15, 0.2) is 66.9 Å². The zero-order valence-electron chi connectivity index (χ0n) is 13.0. The number of aromatic amines is 1. The Morgan fingerprint density at radius 2 is 1.70 bits per heavy atom. The molecule has 0 aliphatic carbocycles. The number of imidazole rings is 1. The molecule has 3 heteroatoms. The average Bonchev–Trinajstić information content (AvgIpc) is 3.06. The highest BCUT2D eigenvalue weighted by atomic mass is 15.0. The van der Waals surface area contributed by atoms with E-state index < -0.39 is 0 Å². The van der Waals surface area contributed by atoms with Crippen molar-refractivity contribution in [2.45, 2.75) is 13.3 Å². The fourth-order valence-electron chi connectivity index (χ4n) is 2.76. The zero-order valence-corrected chi connectivity index (χ0v) is 13.0. The van der Waals surface area contributed by atoms with Crippen LogP contribution in [0.2, 0.25) is 0 Å². The predicted molar refractivity (Wildman–Crippen MR) is 94.1 cm³/mol. The summed E-state index contributed by atoms with van der Waals surface area (Å²) < 4.78 is 0. The summed E-state index contributed by atoms with van der Waals surface area (Å²) >= 11 is 0. The van der Waals surface area contributed by atoms with Crippen LogP contribution >= 0.6 is 0 Å². The molecule has 0 atom stereocenters. The number of aryl methyl sites for hydroxylation is 1. The molecule has 0 bridgehead atoms. The van der Waals surface area contributed by atoms with Gasteiger partial charge in [-0.3, -0.25) is 0 Å². The Morgan fingerprint density at radius 1 is 0.870 bits per heavy atom. The zero-order chi connectivity index (χ0) is 15.6. The van der Waals surface area contributed by atoms with Gasteiger partial charge in [-0.05, 0) is 29.7 Å². The summed E-state index contributed by atoms with van der Waals surface area (Å²) in [6.45, 7) is 2.16. The normalized spacial score (nSPS) is 11.0. The molecule has 2 heterocycles. The number of rotatable bonds is 3. The molecular weight excluding hydrogens is 282 g/mol. The molecule has 0 fully saturated rings. The maximum Gasteiger partial charge on any atom is 0.178 e. The summed E-state index contributed by atoms with van der Waals surface area (Å²) in [4.78, 5) is 12.5. The first-order valence-corrected chi connectivity index (χ1v) is 7.84. The maximum atomic E-state index is 4.63. The SMILES string of the molecule is CCc1cccc(-c2nc3ncc(-c4ccccc4)cc3[nH]2)c1. The number of hydrogen-bond donors (Lipinski definition) is 1. The molecule has 112 valence electrons. The van der Waals surface area contributed by atoms with Crippen molar-refractivity contribution in [1.82, 2.24) is 15.0 Å². The van der Waals surface area contributed by atoms with E-state index in [4.69, 9.17) is 0 Å². The molecule has 2 aromatic heterocycles. The number of nitrogens with zero attached hydrogens (tertiary/aromatic N) is 2. The van der Waals surface area contributed by atoms with Gasteiger partial charge in [-0.2, -0.15) is 0 Å². The molecule has 1 N–H and O–H groups in total. The minimum atomic E-state index is 0.751. The van der Waals surface area contributed by atoms with Crippen molar-refractivity contribution in [3.8, 4) is 22.5 Å². The Bertz CT molecular complexity index is 955. The van der Waals surface area contributed by atoms with E-state index >= 15 is 0 Å². The lowest BCUT2D eigenvalue weighted by Gasteiger charge is -2.00. The Morgan fingerprint density at radius 3 is 2.52 bits per heavy atom. The molecule has 23 heavy (non-hydrogen) atoms. The molecule has 0 unspecified atom stereocenters. The average molecular weight is 299 g/mol. The second kappa shape index (κ2) is 5.69. The van der Waals surface area contributed by atoms with Crippen molar-refractivity contribution in [1.29, 1.82) is 0 Å². The quantitative estimate of drug-likeness (QED) is 0.587. The van der Waals surface area contributed by atoms with Gasteiger partial charge in [-0.25, -0.2) is 9.97 Å². The van der Waals surface area contributed by atoms with E-state index in [1.54, 1.807) is 0 Å². The molecule has 0 aliphatic rings. The smallest absolute Gasteiger partial charge is 0.178 e. The van der Waals surface area contributed by atoms with Crippen LogP contribution in [0.1, 0.15) is 12.5 Å². The third-order valence-corrected chi connectivity index (χ3v) is 4.05. The number of nitrogens with one attached hydrogen (secondary N) is 1. The first kappa shape index (κ1) is 13.7. The van der Waals surface area contributed by atoms with E-state index in [0.29, 0.717) is 0 Å². The van der Waals surface area contributed by atoms with E-state index in [-0.39, 0.29) is 0 Å². The maximum absolute atomic E-state index is 4.63. The second-order valence-electron chi connectivity index (χ2n) is 5.60. The Hall–Kier alpha value is -2.94. The van der Waals surface area contributed by atoms with Crippen LogP contribution in [0.3, 0.4) is 0 Å². The number of fused-ring (bicyclic) bond motifs is 1. The van der Waals surface area contributed by atoms with Crippen LogP contribution in [-0.2, 0) is 6.42 Å². The van der Waals surface area contributed by atoms with Gasteiger partial charge in [0.05, 0.1) is 5.52 Å². The lowest BCUT2D eigenvalue weighted by molar-refractivity contribution is 1.14. The monoisotopic (exact) mass is 299 g/mol. The molecule has 4 rings (SSSR count). The molecule has 0 saturated heterocycles. The van der Waals surface area contributed by atoms with Gasteiger partial charge in [0.25, 0.3) is 0 Å². The Kier molecular flexibility index (Phi) is 3.39. The molecule has 3 nitrogen and oxygen atoms in total. The van der Waals surface area contributed by atoms with Gasteiger partial charge < -0.3 is 4.98 Å². The fourth-order valence-corrected chi connectivity index (χ4v) is 2.76. The molecule has 0 radical (unpaired) electrons. The third kappa shape index (κ3) is 2.61. The number of pyridine rings is 1. The molecular formula is C20H17N3. The van der Waals surface area contributed by atoms with Crippen LogP contribution in [-0.4, -0.2) is 15.0 Å². The molecule has 2 aromatic carbocycles. The molecule has 0 aliphatic heterocycles. The third-order valence-electron chi connectivity index (χ3n) is 4.05. The van der Waals surface area contributed by atoms with E-state index in [2.05, 4.69) is 64.3 Å². The standard InChI is InChI=1S/C20H17N3/c1-2-14-7-6-10-16(11-14)19-22-18-12-17(13-21-20(18)23-19)15-8-4-3-5-9-15/h3-13H,2H2,1H3,(H,21,22,23). The van der Waals surface area contributed by atoms with Crippen LogP contribution in [0, 0.1) is 0 Å². The Labute approximate surface area is 135 Å². The first-order valence-electron chi connectivity index (χ1n) is 7.84. The van der Waals surface area contributed by atoms with E-state index in [1.807, 2.05) is 24.4 Å². The summed E-state index contributed by atoms with van der Waals surface area (Å²) in [7, 11) is 0. The second-order valence-corrected chi connectivity index (χ2v) is 5.60. The molecule has 4 aromatic rings. The summed E-state index contributed by atoms with van der Waals surface area (Å²) in [5, 5.41) is 0. The van der Waals surface area contributed by atoms with Crippen LogP contribution in [0.25, 0.3) is 33.7 Å². The van der Waals surface area contributed by atoms with E-state index in [0.717, 1.165) is 40.1 Å². The Balaban J connectivity index is 1.79. The highest BCUT2D eigenvalue weighted by Crippen LogP contribution is 2.24. The molecule has 0 spiro atoms. The van der Waals surface area contributed by atoms with Crippen molar-refractivity contribution in [3.63, 3.8) is 0 Å². The largest absolute Gasteiger partial charge is 0.337 e. The summed E-state index contributed by atoms with van der Waals surface area (Å²) in [6, 6.07) is 20.8. The summed E-state index contributed by atoms with van der Waals surface area (Å²) in [6.07, 6.45) is 2.90. The number of benzene rings is 2. The van der Waals surface area contributed by atoms with Crippen LogP contribution in [0.5, 0.6) is 0 Å². The topological polar surface area (TPSA) is 41.6 Å². The van der Waals surface area contributed by atoms with Gasteiger partial charge in [0, 0.05) is 17.3 Å². The van der Waals surface area contributed by atoms with Gasteiger partial charge in [0.15, 0.2) is 5.65 Å². The van der Waals surface area contributed by atoms with Crippen molar-refractivity contribution in [2.75, 3.05) is 0 Å². The van der Waals surface area contributed by atoms with Crippen molar-refractivity contribution in [2.24, 2.45) is 0 Å². The van der Waals surface area contributed by atoms with E-state index in [1.165, 1.54) is 5.56 Å². The van der Waals surface area contributed by atoms with Crippen molar-refractivity contribution in [3.05, 3.63) is 72.4 Å². The first-order chi connectivity index (χ1) is 11.3. The van der Waals surface area contributed by atoms with Gasteiger partial charge in [0.1, 0.15) is 5.82 Å². The van der Waals surface area contributed by atoms with Crippen molar-refractivity contribution < 1.29 is 0 Å².